The van der Waals surface area contributed by atoms with Crippen LogP contribution in [0.15, 0.2) is 40.9 Å². The molecule has 1 N–H and O–H groups in total. The van der Waals surface area contributed by atoms with E-state index in [0.717, 1.165) is 16.8 Å². The molecule has 0 atom stereocenters. The molecule has 2 aromatic carbocycles. The lowest BCUT2D eigenvalue weighted by atomic mass is 10.1. The number of nitrogens with one attached hydrogen (secondary N) is 1. The topological polar surface area (TPSA) is 29.1 Å². The number of hydrogen-bond acceptors (Lipinski definition) is 1. The lowest BCUT2D eigenvalue weighted by Crippen LogP contribution is -2.13. The molecule has 0 saturated heterocycles. The van der Waals surface area contributed by atoms with Crippen LogP contribution in [0.3, 0.4) is 0 Å². The van der Waals surface area contributed by atoms with Gasteiger partial charge in [-0.3, -0.25) is 4.79 Å². The van der Waals surface area contributed by atoms with E-state index in [4.69, 9.17) is 0 Å². The van der Waals surface area contributed by atoms with Crippen molar-refractivity contribution in [3.05, 3.63) is 63.4 Å². The molecule has 0 spiro atoms. The average molecular weight is 322 g/mol. The van der Waals surface area contributed by atoms with Gasteiger partial charge in [0.15, 0.2) is 0 Å². The lowest BCUT2D eigenvalue weighted by molar-refractivity contribution is 0.102. The third-order valence-corrected chi connectivity index (χ3v) is 3.51. The first kappa shape index (κ1) is 13.7. The molecule has 0 saturated carbocycles. The number of rotatable bonds is 2. The van der Waals surface area contributed by atoms with E-state index in [1.54, 1.807) is 0 Å². The molecule has 19 heavy (non-hydrogen) atoms. The summed E-state index contributed by atoms with van der Waals surface area (Å²) in [5.74, 6) is -0.769. The van der Waals surface area contributed by atoms with E-state index in [1.807, 2.05) is 32.0 Å². The molecule has 0 aliphatic rings. The highest BCUT2D eigenvalue weighted by Gasteiger charge is 2.12. The highest BCUT2D eigenvalue weighted by Crippen LogP contribution is 2.21. The minimum atomic E-state index is -0.436. The molecule has 0 aliphatic heterocycles. The second-order valence-electron chi connectivity index (χ2n) is 4.40. The summed E-state index contributed by atoms with van der Waals surface area (Å²) in [5.41, 5.74) is 3.03. The van der Waals surface area contributed by atoms with Crippen LogP contribution in [-0.4, -0.2) is 5.91 Å². The zero-order valence-electron chi connectivity index (χ0n) is 10.6. The smallest absolute Gasteiger partial charge is 0.256 e. The van der Waals surface area contributed by atoms with Crippen molar-refractivity contribution < 1.29 is 9.18 Å². The SMILES string of the molecule is Cc1ccc(C)c(NC(=O)c2cc(F)ccc2Br)c1. The van der Waals surface area contributed by atoms with Gasteiger partial charge in [-0.25, -0.2) is 4.39 Å². The largest absolute Gasteiger partial charge is 0.322 e. The monoisotopic (exact) mass is 321 g/mol. The summed E-state index contributed by atoms with van der Waals surface area (Å²) in [6.07, 6.45) is 0. The Bertz CT molecular complexity index is 640. The van der Waals surface area contributed by atoms with Gasteiger partial charge < -0.3 is 5.32 Å². The Morgan fingerprint density at radius 2 is 1.89 bits per heavy atom. The average Bonchev–Trinajstić information content (AvgIpc) is 2.36. The van der Waals surface area contributed by atoms with Crippen LogP contribution in [0.4, 0.5) is 10.1 Å². The fraction of sp³-hybridized carbons (Fsp3) is 0.133. The summed E-state index contributed by atoms with van der Waals surface area (Å²) in [6.45, 7) is 3.86. The molecule has 2 aromatic rings. The Morgan fingerprint density at radius 1 is 1.16 bits per heavy atom. The van der Waals surface area contributed by atoms with Crippen molar-refractivity contribution in [2.45, 2.75) is 13.8 Å². The van der Waals surface area contributed by atoms with Crippen molar-refractivity contribution in [2.75, 3.05) is 5.32 Å². The van der Waals surface area contributed by atoms with Crippen LogP contribution >= 0.6 is 15.9 Å². The van der Waals surface area contributed by atoms with Crippen LogP contribution in [-0.2, 0) is 0 Å². The number of anilines is 1. The van der Waals surface area contributed by atoms with Gasteiger partial charge >= 0.3 is 0 Å². The molecular formula is C15H13BrFNO. The maximum atomic E-state index is 13.2. The lowest BCUT2D eigenvalue weighted by Gasteiger charge is -2.10. The molecule has 0 bridgehead atoms. The summed E-state index contributed by atoms with van der Waals surface area (Å²) in [5, 5.41) is 2.80. The predicted octanol–water partition coefficient (Wildman–Crippen LogP) is 4.46. The predicted molar refractivity (Wildman–Crippen MR) is 78.0 cm³/mol. The summed E-state index contributed by atoms with van der Waals surface area (Å²) < 4.78 is 13.8. The van der Waals surface area contributed by atoms with Gasteiger partial charge in [0.1, 0.15) is 5.82 Å². The number of amides is 1. The second kappa shape index (κ2) is 5.53. The molecule has 4 heteroatoms. The second-order valence-corrected chi connectivity index (χ2v) is 5.25. The van der Waals surface area contributed by atoms with E-state index < -0.39 is 5.82 Å². The van der Waals surface area contributed by atoms with Gasteiger partial charge in [0.2, 0.25) is 0 Å². The minimum Gasteiger partial charge on any atom is -0.322 e. The maximum Gasteiger partial charge on any atom is 0.256 e. The van der Waals surface area contributed by atoms with Crippen molar-refractivity contribution >= 4 is 27.5 Å². The van der Waals surface area contributed by atoms with E-state index >= 15 is 0 Å². The minimum absolute atomic E-state index is 0.279. The van der Waals surface area contributed by atoms with Gasteiger partial charge in [-0.1, -0.05) is 12.1 Å². The van der Waals surface area contributed by atoms with Crippen LogP contribution in [0.2, 0.25) is 0 Å². The quantitative estimate of drug-likeness (QED) is 0.869. The third kappa shape index (κ3) is 3.20. The van der Waals surface area contributed by atoms with E-state index in [2.05, 4.69) is 21.2 Å². The maximum absolute atomic E-state index is 13.2. The number of benzene rings is 2. The Morgan fingerprint density at radius 3 is 2.63 bits per heavy atom. The first-order valence-electron chi connectivity index (χ1n) is 5.81. The van der Waals surface area contributed by atoms with E-state index in [0.29, 0.717) is 4.47 Å². The molecule has 2 nitrogen and oxygen atoms in total. The van der Waals surface area contributed by atoms with Crippen LogP contribution in [0, 0.1) is 19.7 Å². The van der Waals surface area contributed by atoms with Crippen molar-refractivity contribution in [1.29, 1.82) is 0 Å². The highest BCUT2D eigenvalue weighted by atomic mass is 79.9. The first-order chi connectivity index (χ1) is 8.97. The summed E-state index contributed by atoms with van der Waals surface area (Å²) in [6, 6.07) is 9.84. The van der Waals surface area contributed by atoms with Crippen molar-refractivity contribution in [3.8, 4) is 0 Å². The molecule has 0 radical (unpaired) electrons. The highest BCUT2D eigenvalue weighted by molar-refractivity contribution is 9.10. The van der Waals surface area contributed by atoms with Crippen molar-refractivity contribution in [3.63, 3.8) is 0 Å². The molecular weight excluding hydrogens is 309 g/mol. The fourth-order valence-corrected chi connectivity index (χ4v) is 2.16. The Labute approximate surface area is 119 Å². The van der Waals surface area contributed by atoms with E-state index in [1.165, 1.54) is 18.2 Å². The number of carbonyl (C=O) groups excluding carboxylic acids is 1. The Kier molecular flexibility index (Phi) is 4.00. The van der Waals surface area contributed by atoms with Crippen LogP contribution in [0.1, 0.15) is 21.5 Å². The molecule has 2 rings (SSSR count). The standard InChI is InChI=1S/C15H13BrFNO/c1-9-3-4-10(2)14(7-9)18-15(19)12-8-11(17)5-6-13(12)16/h3-8H,1-2H3,(H,18,19). The summed E-state index contributed by atoms with van der Waals surface area (Å²) in [4.78, 5) is 12.1. The number of aryl methyl sites for hydroxylation is 2. The molecule has 0 heterocycles. The van der Waals surface area contributed by atoms with Gasteiger partial charge in [-0.2, -0.15) is 0 Å². The van der Waals surface area contributed by atoms with Crippen molar-refractivity contribution in [1.82, 2.24) is 0 Å². The summed E-state index contributed by atoms with van der Waals surface area (Å²) in [7, 11) is 0. The first-order valence-corrected chi connectivity index (χ1v) is 6.60. The molecule has 0 fully saturated rings. The van der Waals surface area contributed by atoms with Crippen LogP contribution < -0.4 is 5.32 Å². The fourth-order valence-electron chi connectivity index (χ4n) is 1.73. The van der Waals surface area contributed by atoms with Gasteiger partial charge in [-0.05, 0) is 65.2 Å². The number of carbonyl (C=O) groups is 1. The van der Waals surface area contributed by atoms with Gasteiger partial charge in [0.25, 0.3) is 5.91 Å². The molecule has 0 aliphatic carbocycles. The van der Waals surface area contributed by atoms with E-state index in [-0.39, 0.29) is 11.5 Å². The molecule has 98 valence electrons. The molecule has 1 amide bonds. The summed E-state index contributed by atoms with van der Waals surface area (Å²) >= 11 is 3.25. The van der Waals surface area contributed by atoms with Gasteiger partial charge in [0, 0.05) is 10.2 Å². The third-order valence-electron chi connectivity index (χ3n) is 2.81. The Hall–Kier alpha value is -1.68. The van der Waals surface area contributed by atoms with E-state index in [9.17, 15) is 9.18 Å². The van der Waals surface area contributed by atoms with Crippen LogP contribution in [0.5, 0.6) is 0 Å². The molecule has 0 aromatic heterocycles. The number of halogens is 2. The number of hydrogen-bond donors (Lipinski definition) is 1. The van der Waals surface area contributed by atoms with Gasteiger partial charge in [-0.15, -0.1) is 0 Å². The normalized spacial score (nSPS) is 10.3. The molecule has 0 unspecified atom stereocenters. The zero-order valence-corrected chi connectivity index (χ0v) is 12.2. The van der Waals surface area contributed by atoms with Gasteiger partial charge in [0.05, 0.1) is 5.56 Å². The zero-order chi connectivity index (χ0) is 14.0. The van der Waals surface area contributed by atoms with Crippen LogP contribution in [0.25, 0.3) is 0 Å². The Balaban J connectivity index is 2.30. The van der Waals surface area contributed by atoms with Crippen molar-refractivity contribution in [2.24, 2.45) is 0 Å².